The molecule has 29 heavy (non-hydrogen) atoms. The molecule has 2 aromatic carbocycles. The SMILES string of the molecule is Cn1c(CON2C(=O)c3ccccc3C2=O)cnc1SCc1ccc(Cl)c(Cl)c1. The van der Waals surface area contributed by atoms with E-state index in [1.165, 1.54) is 11.8 Å². The number of benzene rings is 2. The Bertz CT molecular complexity index is 1080. The van der Waals surface area contributed by atoms with Crippen molar-refractivity contribution in [1.82, 2.24) is 14.6 Å². The van der Waals surface area contributed by atoms with Gasteiger partial charge in [0.15, 0.2) is 5.16 Å². The largest absolute Gasteiger partial charge is 0.324 e. The first-order chi connectivity index (χ1) is 14.0. The van der Waals surface area contributed by atoms with Gasteiger partial charge in [-0.1, -0.05) is 53.2 Å². The molecule has 0 saturated heterocycles. The maximum atomic E-state index is 12.4. The topological polar surface area (TPSA) is 64.4 Å². The highest BCUT2D eigenvalue weighted by Crippen LogP contribution is 2.28. The van der Waals surface area contributed by atoms with Crippen molar-refractivity contribution in [1.29, 1.82) is 0 Å². The van der Waals surface area contributed by atoms with Crippen molar-refractivity contribution in [2.45, 2.75) is 17.5 Å². The Labute approximate surface area is 181 Å². The normalized spacial score (nSPS) is 13.3. The van der Waals surface area contributed by atoms with E-state index in [-0.39, 0.29) is 6.61 Å². The average molecular weight is 448 g/mol. The van der Waals surface area contributed by atoms with Crippen LogP contribution in [0.3, 0.4) is 0 Å². The lowest BCUT2D eigenvalue weighted by Gasteiger charge is -2.13. The Morgan fingerprint density at radius 3 is 2.38 bits per heavy atom. The zero-order chi connectivity index (χ0) is 20.5. The molecule has 0 fully saturated rings. The van der Waals surface area contributed by atoms with Crippen molar-refractivity contribution < 1.29 is 14.4 Å². The minimum absolute atomic E-state index is 0.0440. The summed E-state index contributed by atoms with van der Waals surface area (Å²) in [6.45, 7) is 0.0440. The fourth-order valence-electron chi connectivity index (χ4n) is 2.89. The first-order valence-electron chi connectivity index (χ1n) is 8.63. The summed E-state index contributed by atoms with van der Waals surface area (Å²) < 4.78 is 1.86. The number of hydrogen-bond donors (Lipinski definition) is 0. The summed E-state index contributed by atoms with van der Waals surface area (Å²) in [5.74, 6) is -0.246. The molecule has 0 N–H and O–H groups in total. The number of imidazole rings is 1. The zero-order valence-electron chi connectivity index (χ0n) is 15.3. The van der Waals surface area contributed by atoms with E-state index in [2.05, 4.69) is 4.98 Å². The number of thioether (sulfide) groups is 1. The van der Waals surface area contributed by atoms with Gasteiger partial charge in [-0.2, -0.15) is 0 Å². The van der Waals surface area contributed by atoms with E-state index in [1.54, 1.807) is 36.5 Å². The molecule has 2 amide bonds. The highest BCUT2D eigenvalue weighted by Gasteiger charge is 2.36. The van der Waals surface area contributed by atoms with Crippen molar-refractivity contribution >= 4 is 46.8 Å². The molecule has 0 saturated carbocycles. The second-order valence-corrected chi connectivity index (χ2v) is 8.11. The third-order valence-electron chi connectivity index (χ3n) is 4.49. The van der Waals surface area contributed by atoms with Crippen LogP contribution in [-0.2, 0) is 24.2 Å². The molecule has 2 heterocycles. The number of carbonyl (C=O) groups excluding carboxylic acids is 2. The van der Waals surface area contributed by atoms with Gasteiger partial charge in [0, 0.05) is 12.8 Å². The van der Waals surface area contributed by atoms with Crippen molar-refractivity contribution in [2.24, 2.45) is 7.05 Å². The molecule has 9 heteroatoms. The Morgan fingerprint density at radius 1 is 1.03 bits per heavy atom. The molecule has 1 aliphatic heterocycles. The van der Waals surface area contributed by atoms with Gasteiger partial charge in [-0.05, 0) is 29.8 Å². The van der Waals surface area contributed by atoms with E-state index in [1.807, 2.05) is 23.7 Å². The van der Waals surface area contributed by atoms with Crippen LogP contribution in [0.25, 0.3) is 0 Å². The summed E-state index contributed by atoms with van der Waals surface area (Å²) >= 11 is 13.5. The summed E-state index contributed by atoms with van der Waals surface area (Å²) in [5, 5.41) is 2.61. The minimum Gasteiger partial charge on any atom is -0.324 e. The third kappa shape index (κ3) is 3.91. The van der Waals surface area contributed by atoms with Gasteiger partial charge in [0.05, 0.1) is 33.1 Å². The molecule has 3 aromatic rings. The molecule has 0 bridgehead atoms. The van der Waals surface area contributed by atoms with E-state index in [0.29, 0.717) is 26.9 Å². The monoisotopic (exact) mass is 447 g/mol. The molecule has 0 spiro atoms. The molecule has 1 aliphatic rings. The minimum atomic E-state index is -0.456. The van der Waals surface area contributed by atoms with Gasteiger partial charge in [0.25, 0.3) is 11.8 Å². The predicted octanol–water partition coefficient (Wildman–Crippen LogP) is 4.75. The molecule has 0 unspecified atom stereocenters. The zero-order valence-corrected chi connectivity index (χ0v) is 17.6. The van der Waals surface area contributed by atoms with E-state index in [0.717, 1.165) is 21.5 Å². The Morgan fingerprint density at radius 2 is 1.72 bits per heavy atom. The number of halogens is 2. The second kappa shape index (κ2) is 8.20. The molecule has 0 radical (unpaired) electrons. The molecule has 6 nitrogen and oxygen atoms in total. The molecule has 4 rings (SSSR count). The Balaban J connectivity index is 1.40. The lowest BCUT2D eigenvalue weighted by Crippen LogP contribution is -2.30. The summed E-state index contributed by atoms with van der Waals surface area (Å²) in [6.07, 6.45) is 1.66. The molecule has 1 aromatic heterocycles. The van der Waals surface area contributed by atoms with Gasteiger partial charge in [-0.25, -0.2) is 4.98 Å². The summed E-state index contributed by atoms with van der Waals surface area (Å²) in [7, 11) is 1.85. The number of nitrogens with zero attached hydrogens (tertiary/aromatic N) is 3. The Hall–Kier alpha value is -2.32. The van der Waals surface area contributed by atoms with Crippen LogP contribution < -0.4 is 0 Å². The number of imide groups is 1. The van der Waals surface area contributed by atoms with Gasteiger partial charge in [0.1, 0.15) is 6.61 Å². The number of aromatic nitrogens is 2. The lowest BCUT2D eigenvalue weighted by atomic mass is 10.1. The fraction of sp³-hybridized carbons (Fsp3) is 0.150. The first kappa shape index (κ1) is 20.0. The van der Waals surface area contributed by atoms with Gasteiger partial charge < -0.3 is 4.57 Å². The lowest BCUT2D eigenvalue weighted by molar-refractivity contribution is -0.102. The van der Waals surface area contributed by atoms with E-state index in [4.69, 9.17) is 28.0 Å². The van der Waals surface area contributed by atoms with Crippen LogP contribution in [0.15, 0.2) is 53.8 Å². The van der Waals surface area contributed by atoms with Crippen LogP contribution in [0.4, 0.5) is 0 Å². The van der Waals surface area contributed by atoms with E-state index < -0.39 is 11.8 Å². The average Bonchev–Trinajstić information content (AvgIpc) is 3.19. The van der Waals surface area contributed by atoms with Gasteiger partial charge in [0.2, 0.25) is 0 Å². The predicted molar refractivity (Wildman–Crippen MR) is 111 cm³/mol. The van der Waals surface area contributed by atoms with Crippen molar-refractivity contribution in [3.63, 3.8) is 0 Å². The third-order valence-corrected chi connectivity index (χ3v) is 6.35. The first-order valence-corrected chi connectivity index (χ1v) is 10.4. The molecule has 0 aliphatic carbocycles. The van der Waals surface area contributed by atoms with Crippen LogP contribution in [0.2, 0.25) is 10.0 Å². The summed E-state index contributed by atoms with van der Waals surface area (Å²) in [5.41, 5.74) is 2.45. The van der Waals surface area contributed by atoms with E-state index in [9.17, 15) is 9.59 Å². The van der Waals surface area contributed by atoms with Crippen molar-refractivity contribution in [3.05, 3.63) is 81.1 Å². The summed E-state index contributed by atoms with van der Waals surface area (Å²) in [6, 6.07) is 12.2. The molecular formula is C20H15Cl2N3O3S. The number of amides is 2. The molecule has 148 valence electrons. The molecular weight excluding hydrogens is 433 g/mol. The highest BCUT2D eigenvalue weighted by atomic mass is 35.5. The van der Waals surface area contributed by atoms with Crippen molar-refractivity contribution in [3.8, 4) is 0 Å². The van der Waals surface area contributed by atoms with Gasteiger partial charge in [-0.15, -0.1) is 5.06 Å². The summed E-state index contributed by atoms with van der Waals surface area (Å²) in [4.78, 5) is 34.6. The number of fused-ring (bicyclic) bond motifs is 1. The van der Waals surface area contributed by atoms with Crippen LogP contribution >= 0.6 is 35.0 Å². The van der Waals surface area contributed by atoms with Gasteiger partial charge in [-0.3, -0.25) is 14.4 Å². The Kier molecular flexibility index (Phi) is 5.65. The standard InChI is InChI=1S/C20H15Cl2N3O3S/c1-24-13(9-23-20(24)29-11-12-6-7-16(21)17(22)8-12)10-28-25-18(26)14-4-2-3-5-15(14)19(25)27/h2-9H,10-11H2,1H3. The van der Waals surface area contributed by atoms with Gasteiger partial charge >= 0.3 is 0 Å². The van der Waals surface area contributed by atoms with E-state index >= 15 is 0 Å². The highest BCUT2D eigenvalue weighted by molar-refractivity contribution is 7.98. The quantitative estimate of drug-likeness (QED) is 0.403. The van der Waals surface area contributed by atoms with Crippen LogP contribution in [0.5, 0.6) is 0 Å². The number of hydroxylamine groups is 2. The van der Waals surface area contributed by atoms with Crippen LogP contribution in [0.1, 0.15) is 32.0 Å². The van der Waals surface area contributed by atoms with Crippen LogP contribution in [0, 0.1) is 0 Å². The number of hydrogen-bond acceptors (Lipinski definition) is 5. The maximum absolute atomic E-state index is 12.4. The second-order valence-electron chi connectivity index (χ2n) is 6.35. The number of rotatable bonds is 6. The fourth-order valence-corrected chi connectivity index (χ4v) is 4.12. The van der Waals surface area contributed by atoms with Crippen LogP contribution in [-0.4, -0.2) is 26.4 Å². The number of carbonyl (C=O) groups is 2. The smallest absolute Gasteiger partial charge is 0.285 e. The van der Waals surface area contributed by atoms with Crippen molar-refractivity contribution in [2.75, 3.05) is 0 Å². The molecule has 0 atom stereocenters. The maximum Gasteiger partial charge on any atom is 0.285 e.